The zero-order valence-corrected chi connectivity index (χ0v) is 10.3. The highest BCUT2D eigenvalue weighted by Gasteiger charge is 2.28. The second kappa shape index (κ2) is 5.49. The van der Waals surface area contributed by atoms with E-state index in [1.54, 1.807) is 14.0 Å². The average Bonchev–Trinajstić information content (AvgIpc) is 2.78. The normalized spacial score (nSPS) is 22.6. The van der Waals surface area contributed by atoms with E-state index in [2.05, 4.69) is 4.90 Å². The van der Waals surface area contributed by atoms with Gasteiger partial charge in [-0.2, -0.15) is 0 Å². The van der Waals surface area contributed by atoms with E-state index in [4.69, 9.17) is 9.47 Å². The van der Waals surface area contributed by atoms with Gasteiger partial charge in [0.25, 0.3) is 0 Å². The van der Waals surface area contributed by atoms with Crippen LogP contribution in [0.25, 0.3) is 0 Å². The van der Waals surface area contributed by atoms with Crippen LogP contribution in [0.4, 0.5) is 0 Å². The van der Waals surface area contributed by atoms with Crippen molar-refractivity contribution in [3.8, 4) is 5.75 Å². The number of benzene rings is 1. The number of hydrogen-bond donors (Lipinski definition) is 1. The molecule has 2 atom stereocenters. The third-order valence-electron chi connectivity index (χ3n) is 3.12. The summed E-state index contributed by atoms with van der Waals surface area (Å²) in [6, 6.07) is 8.07. The summed E-state index contributed by atoms with van der Waals surface area (Å²) in [4.78, 5) is 2.15. The number of ether oxygens (including phenoxy) is 2. The van der Waals surface area contributed by atoms with Crippen molar-refractivity contribution in [3.05, 3.63) is 29.8 Å². The van der Waals surface area contributed by atoms with Gasteiger partial charge in [0, 0.05) is 6.54 Å². The predicted molar refractivity (Wildman–Crippen MR) is 64.8 cm³/mol. The second-order valence-electron chi connectivity index (χ2n) is 4.40. The number of aliphatic hydroxyl groups is 1. The van der Waals surface area contributed by atoms with Crippen molar-refractivity contribution in [3.63, 3.8) is 0 Å². The molecule has 1 aliphatic rings. The molecule has 0 unspecified atom stereocenters. The van der Waals surface area contributed by atoms with Crippen LogP contribution in [0.2, 0.25) is 0 Å². The summed E-state index contributed by atoms with van der Waals surface area (Å²) in [6.07, 6.45) is -0.365. The lowest BCUT2D eigenvalue weighted by atomic mass is 10.1. The largest absolute Gasteiger partial charge is 0.497 e. The summed E-state index contributed by atoms with van der Waals surface area (Å²) in [5.41, 5.74) is 1.20. The van der Waals surface area contributed by atoms with Crippen molar-refractivity contribution in [1.82, 2.24) is 4.90 Å². The van der Waals surface area contributed by atoms with Crippen LogP contribution in [0.5, 0.6) is 5.75 Å². The number of hydrogen-bond acceptors (Lipinski definition) is 4. The van der Waals surface area contributed by atoms with Crippen LogP contribution in [-0.2, 0) is 11.3 Å². The first-order chi connectivity index (χ1) is 8.20. The van der Waals surface area contributed by atoms with Crippen LogP contribution < -0.4 is 4.74 Å². The molecule has 4 heteroatoms. The van der Waals surface area contributed by atoms with Crippen LogP contribution in [-0.4, -0.2) is 42.6 Å². The van der Waals surface area contributed by atoms with E-state index in [-0.39, 0.29) is 12.1 Å². The van der Waals surface area contributed by atoms with Crippen LogP contribution in [0, 0.1) is 0 Å². The first kappa shape index (κ1) is 12.4. The molecule has 1 saturated heterocycles. The van der Waals surface area contributed by atoms with Gasteiger partial charge in [-0.1, -0.05) is 12.1 Å². The van der Waals surface area contributed by atoms with E-state index in [0.717, 1.165) is 12.3 Å². The molecule has 94 valence electrons. The Bertz CT molecular complexity index is 350. The molecular formula is C13H19NO3. The Balaban J connectivity index is 1.99. The van der Waals surface area contributed by atoms with E-state index < -0.39 is 0 Å². The lowest BCUT2D eigenvalue weighted by Gasteiger charge is -2.24. The van der Waals surface area contributed by atoms with Gasteiger partial charge in [-0.15, -0.1) is 0 Å². The van der Waals surface area contributed by atoms with Crippen LogP contribution in [0.1, 0.15) is 12.5 Å². The molecule has 0 aromatic heterocycles. The summed E-state index contributed by atoms with van der Waals surface area (Å²) in [5.74, 6) is 0.860. The van der Waals surface area contributed by atoms with Gasteiger partial charge in [0.2, 0.25) is 0 Å². The number of aliphatic hydroxyl groups excluding tert-OH is 1. The summed E-state index contributed by atoms with van der Waals surface area (Å²) in [7, 11) is 1.66. The van der Waals surface area contributed by atoms with Crippen molar-refractivity contribution >= 4 is 0 Å². The van der Waals surface area contributed by atoms with Gasteiger partial charge in [-0.3, -0.25) is 4.90 Å². The molecule has 1 aliphatic heterocycles. The van der Waals surface area contributed by atoms with Crippen molar-refractivity contribution in [2.75, 3.05) is 20.4 Å². The molecule has 1 fully saturated rings. The van der Waals surface area contributed by atoms with Gasteiger partial charge in [-0.05, 0) is 24.6 Å². The Morgan fingerprint density at radius 3 is 2.76 bits per heavy atom. The standard InChI is InChI=1S/C13H19NO3/c1-10(15)13-8-17-9-14(13)7-11-3-5-12(16-2)6-4-11/h3-6,10,13,15H,7-9H2,1-2H3/t10-,13-/m1/s1. The molecule has 4 nitrogen and oxygen atoms in total. The Kier molecular flexibility index (Phi) is 3.99. The highest BCUT2D eigenvalue weighted by molar-refractivity contribution is 5.27. The third kappa shape index (κ3) is 2.97. The van der Waals surface area contributed by atoms with E-state index in [1.165, 1.54) is 5.56 Å². The van der Waals surface area contributed by atoms with E-state index in [0.29, 0.717) is 13.3 Å². The smallest absolute Gasteiger partial charge is 0.118 e. The number of nitrogens with zero attached hydrogens (tertiary/aromatic N) is 1. The lowest BCUT2D eigenvalue weighted by Crippen LogP contribution is -2.38. The molecule has 0 amide bonds. The van der Waals surface area contributed by atoms with Crippen LogP contribution in [0.15, 0.2) is 24.3 Å². The molecule has 1 aromatic carbocycles. The molecule has 1 N–H and O–H groups in total. The zero-order chi connectivity index (χ0) is 12.3. The molecule has 1 heterocycles. The molecule has 1 aromatic rings. The maximum absolute atomic E-state index is 9.64. The summed E-state index contributed by atoms with van der Waals surface area (Å²) in [6.45, 7) is 3.79. The molecule has 0 aliphatic carbocycles. The minimum atomic E-state index is -0.365. The Morgan fingerprint density at radius 2 is 2.18 bits per heavy atom. The fourth-order valence-corrected chi connectivity index (χ4v) is 2.06. The summed E-state index contributed by atoms with van der Waals surface area (Å²) < 4.78 is 10.5. The first-order valence-corrected chi connectivity index (χ1v) is 5.83. The minimum Gasteiger partial charge on any atom is -0.497 e. The summed E-state index contributed by atoms with van der Waals surface area (Å²) >= 11 is 0. The van der Waals surface area contributed by atoms with E-state index in [1.807, 2.05) is 24.3 Å². The lowest BCUT2D eigenvalue weighted by molar-refractivity contribution is 0.0855. The highest BCUT2D eigenvalue weighted by atomic mass is 16.5. The Morgan fingerprint density at radius 1 is 1.47 bits per heavy atom. The van der Waals surface area contributed by atoms with Crippen molar-refractivity contribution in [2.24, 2.45) is 0 Å². The van der Waals surface area contributed by atoms with Crippen LogP contribution >= 0.6 is 0 Å². The van der Waals surface area contributed by atoms with Crippen molar-refractivity contribution in [2.45, 2.75) is 25.6 Å². The van der Waals surface area contributed by atoms with Gasteiger partial charge in [0.05, 0.1) is 32.6 Å². The third-order valence-corrected chi connectivity index (χ3v) is 3.12. The molecular weight excluding hydrogens is 218 g/mol. The molecule has 17 heavy (non-hydrogen) atoms. The maximum Gasteiger partial charge on any atom is 0.118 e. The first-order valence-electron chi connectivity index (χ1n) is 5.83. The van der Waals surface area contributed by atoms with E-state index >= 15 is 0 Å². The predicted octanol–water partition coefficient (Wildman–Crippen LogP) is 1.23. The monoisotopic (exact) mass is 237 g/mol. The molecule has 2 rings (SSSR count). The second-order valence-corrected chi connectivity index (χ2v) is 4.40. The van der Waals surface area contributed by atoms with Gasteiger partial charge in [-0.25, -0.2) is 0 Å². The molecule has 0 radical (unpaired) electrons. The molecule has 0 bridgehead atoms. The Labute approximate surface area is 102 Å². The fourth-order valence-electron chi connectivity index (χ4n) is 2.06. The van der Waals surface area contributed by atoms with Crippen molar-refractivity contribution < 1.29 is 14.6 Å². The zero-order valence-electron chi connectivity index (χ0n) is 10.3. The highest BCUT2D eigenvalue weighted by Crippen LogP contribution is 2.18. The van der Waals surface area contributed by atoms with Gasteiger partial charge in [0.1, 0.15) is 5.75 Å². The minimum absolute atomic E-state index is 0.0945. The van der Waals surface area contributed by atoms with E-state index in [9.17, 15) is 5.11 Å². The van der Waals surface area contributed by atoms with Gasteiger partial charge >= 0.3 is 0 Å². The van der Waals surface area contributed by atoms with Gasteiger partial charge < -0.3 is 14.6 Å². The summed E-state index contributed by atoms with van der Waals surface area (Å²) in [5, 5.41) is 9.64. The number of rotatable bonds is 4. The fraction of sp³-hybridized carbons (Fsp3) is 0.538. The van der Waals surface area contributed by atoms with Crippen molar-refractivity contribution in [1.29, 1.82) is 0 Å². The quantitative estimate of drug-likeness (QED) is 0.855. The average molecular weight is 237 g/mol. The molecule has 0 spiro atoms. The maximum atomic E-state index is 9.64. The topological polar surface area (TPSA) is 41.9 Å². The number of methoxy groups -OCH3 is 1. The van der Waals surface area contributed by atoms with Crippen LogP contribution in [0.3, 0.4) is 0 Å². The Hall–Kier alpha value is -1.10. The SMILES string of the molecule is COc1ccc(CN2COC[C@@H]2[C@@H](C)O)cc1. The van der Waals surface area contributed by atoms with Gasteiger partial charge in [0.15, 0.2) is 0 Å². The molecule has 0 saturated carbocycles.